The van der Waals surface area contributed by atoms with Gasteiger partial charge in [-0.1, -0.05) is 18.6 Å². The second kappa shape index (κ2) is 5.65. The molecule has 4 nitrogen and oxygen atoms in total. The van der Waals surface area contributed by atoms with Gasteiger partial charge in [0.05, 0.1) is 0 Å². The van der Waals surface area contributed by atoms with Crippen LogP contribution < -0.4 is 10.2 Å². The Morgan fingerprint density at radius 2 is 1.80 bits per heavy atom. The summed E-state index contributed by atoms with van der Waals surface area (Å²) in [6.45, 7) is 5.23. The van der Waals surface area contributed by atoms with Gasteiger partial charge < -0.3 is 9.47 Å². The summed E-state index contributed by atoms with van der Waals surface area (Å²) in [5.41, 5.74) is 0.155. The van der Waals surface area contributed by atoms with E-state index in [2.05, 4.69) is 0 Å². The first kappa shape index (κ1) is 14.6. The van der Waals surface area contributed by atoms with Crippen molar-refractivity contribution in [2.45, 2.75) is 51.6 Å². The average molecular weight is 276 g/mol. The third-order valence-corrected chi connectivity index (χ3v) is 3.26. The van der Waals surface area contributed by atoms with E-state index in [1.54, 1.807) is 26.8 Å². The summed E-state index contributed by atoms with van der Waals surface area (Å²) < 4.78 is 10.0. The standard InChI is InChI=1S/C16H20O4/c1-16(2,3)20-15(18)19-14-10-8-12(7-9-13(14)17)11-5-4-6-11/h7-11H,4-6H2,1-3H3. The predicted octanol–water partition coefficient (Wildman–Crippen LogP) is 3.63. The van der Waals surface area contributed by atoms with E-state index in [1.807, 2.05) is 12.1 Å². The van der Waals surface area contributed by atoms with Gasteiger partial charge in [0.25, 0.3) is 0 Å². The van der Waals surface area contributed by atoms with E-state index < -0.39 is 11.8 Å². The van der Waals surface area contributed by atoms with Gasteiger partial charge in [0, 0.05) is 0 Å². The van der Waals surface area contributed by atoms with Gasteiger partial charge in [-0.15, -0.1) is 0 Å². The van der Waals surface area contributed by atoms with Gasteiger partial charge >= 0.3 is 6.16 Å². The zero-order valence-corrected chi connectivity index (χ0v) is 12.1. The molecule has 1 fully saturated rings. The van der Waals surface area contributed by atoms with Gasteiger partial charge in [0.1, 0.15) is 5.60 Å². The van der Waals surface area contributed by atoms with Gasteiger partial charge in [-0.3, -0.25) is 4.79 Å². The highest BCUT2D eigenvalue weighted by atomic mass is 16.7. The van der Waals surface area contributed by atoms with Crippen LogP contribution in [0.15, 0.2) is 29.1 Å². The Kier molecular flexibility index (Phi) is 4.12. The fourth-order valence-corrected chi connectivity index (χ4v) is 2.02. The molecule has 0 bridgehead atoms. The van der Waals surface area contributed by atoms with Crippen molar-refractivity contribution in [1.29, 1.82) is 0 Å². The molecule has 0 aromatic heterocycles. The molecule has 0 N–H and O–H groups in total. The molecule has 0 saturated heterocycles. The molecule has 2 rings (SSSR count). The molecule has 0 atom stereocenters. The highest BCUT2D eigenvalue weighted by Crippen LogP contribution is 2.35. The summed E-state index contributed by atoms with van der Waals surface area (Å²) in [6.07, 6.45) is 2.68. The minimum absolute atomic E-state index is 0.00447. The lowest BCUT2D eigenvalue weighted by molar-refractivity contribution is 0.0204. The number of hydrogen-bond acceptors (Lipinski definition) is 4. The van der Waals surface area contributed by atoms with Crippen LogP contribution in [0.1, 0.15) is 51.5 Å². The lowest BCUT2D eigenvalue weighted by Gasteiger charge is -2.24. The zero-order valence-electron chi connectivity index (χ0n) is 12.1. The summed E-state index contributed by atoms with van der Waals surface area (Å²) in [4.78, 5) is 23.5. The van der Waals surface area contributed by atoms with Crippen molar-refractivity contribution < 1.29 is 14.3 Å². The molecule has 108 valence electrons. The average Bonchev–Trinajstić information content (AvgIpc) is 2.39. The molecule has 1 saturated carbocycles. The highest BCUT2D eigenvalue weighted by Gasteiger charge is 2.20. The van der Waals surface area contributed by atoms with Crippen molar-refractivity contribution in [3.8, 4) is 5.75 Å². The van der Waals surface area contributed by atoms with Gasteiger partial charge in [0.15, 0.2) is 5.75 Å². The van der Waals surface area contributed by atoms with E-state index in [1.165, 1.54) is 12.5 Å². The molecule has 1 aliphatic rings. The topological polar surface area (TPSA) is 52.6 Å². The largest absolute Gasteiger partial charge is 0.514 e. The van der Waals surface area contributed by atoms with Crippen molar-refractivity contribution in [1.82, 2.24) is 0 Å². The lowest BCUT2D eigenvalue weighted by atomic mass is 9.81. The number of carbonyl (C=O) groups excluding carboxylic acids is 1. The van der Waals surface area contributed by atoms with Crippen molar-refractivity contribution in [2.75, 3.05) is 0 Å². The third-order valence-electron chi connectivity index (χ3n) is 3.26. The smallest absolute Gasteiger partial charge is 0.428 e. The Morgan fingerprint density at radius 1 is 1.15 bits per heavy atom. The highest BCUT2D eigenvalue weighted by molar-refractivity contribution is 5.64. The SMILES string of the molecule is CC(C)(C)OC(=O)Oc1ccc(C2CCC2)ccc1=O. The van der Waals surface area contributed by atoms with E-state index >= 15 is 0 Å². The van der Waals surface area contributed by atoms with Crippen LogP contribution in [-0.4, -0.2) is 11.8 Å². The van der Waals surface area contributed by atoms with Gasteiger partial charge in [-0.2, -0.15) is 0 Å². The Balaban J connectivity index is 2.14. The van der Waals surface area contributed by atoms with Crippen LogP contribution in [0.2, 0.25) is 0 Å². The minimum atomic E-state index is -0.856. The maximum Gasteiger partial charge on any atom is 0.514 e. The quantitative estimate of drug-likeness (QED) is 0.774. The molecule has 0 amide bonds. The molecule has 0 aliphatic heterocycles. The van der Waals surface area contributed by atoms with Crippen LogP contribution in [0.5, 0.6) is 5.75 Å². The van der Waals surface area contributed by atoms with Crippen LogP contribution >= 0.6 is 0 Å². The van der Waals surface area contributed by atoms with Crippen LogP contribution in [0, 0.1) is 0 Å². The second-order valence-corrected chi connectivity index (χ2v) is 6.09. The van der Waals surface area contributed by atoms with E-state index in [-0.39, 0.29) is 11.2 Å². The Morgan fingerprint density at radius 3 is 2.35 bits per heavy atom. The van der Waals surface area contributed by atoms with Gasteiger partial charge in [-0.05, 0) is 57.2 Å². The third kappa shape index (κ3) is 3.83. The molecule has 20 heavy (non-hydrogen) atoms. The normalized spacial score (nSPS) is 15.3. The molecule has 1 aromatic carbocycles. The first-order valence-corrected chi connectivity index (χ1v) is 6.90. The monoisotopic (exact) mass is 276 g/mol. The second-order valence-electron chi connectivity index (χ2n) is 6.09. The number of hydrogen-bond donors (Lipinski definition) is 0. The number of carbonyl (C=O) groups is 1. The summed E-state index contributed by atoms with van der Waals surface area (Å²) >= 11 is 0. The summed E-state index contributed by atoms with van der Waals surface area (Å²) in [7, 11) is 0. The molecule has 4 heteroatoms. The number of rotatable bonds is 2. The van der Waals surface area contributed by atoms with E-state index in [4.69, 9.17) is 9.47 Å². The molecule has 0 radical (unpaired) electrons. The minimum Gasteiger partial charge on any atom is -0.428 e. The van der Waals surface area contributed by atoms with Crippen LogP contribution in [0.25, 0.3) is 0 Å². The van der Waals surface area contributed by atoms with Crippen molar-refractivity contribution >= 4 is 6.16 Å². The first-order chi connectivity index (χ1) is 9.35. The molecule has 0 spiro atoms. The van der Waals surface area contributed by atoms with Crippen LogP contribution in [-0.2, 0) is 4.74 Å². The molecule has 0 unspecified atom stereocenters. The Bertz CT molecular complexity index is 553. The molecular formula is C16H20O4. The maximum atomic E-state index is 11.9. The molecule has 1 aliphatic carbocycles. The van der Waals surface area contributed by atoms with Crippen molar-refractivity contribution in [2.24, 2.45) is 0 Å². The Hall–Kier alpha value is -1.84. The van der Waals surface area contributed by atoms with E-state index in [0.29, 0.717) is 5.92 Å². The fourth-order valence-electron chi connectivity index (χ4n) is 2.02. The lowest BCUT2D eigenvalue weighted by Crippen LogP contribution is -2.26. The van der Waals surface area contributed by atoms with E-state index in [0.717, 1.165) is 18.4 Å². The summed E-state index contributed by atoms with van der Waals surface area (Å²) in [5.74, 6) is 0.529. The van der Waals surface area contributed by atoms with Crippen LogP contribution in [0.3, 0.4) is 0 Å². The Labute approximate surface area is 118 Å². The van der Waals surface area contributed by atoms with E-state index in [9.17, 15) is 9.59 Å². The van der Waals surface area contributed by atoms with Crippen molar-refractivity contribution in [3.05, 3.63) is 40.1 Å². The molecular weight excluding hydrogens is 256 g/mol. The van der Waals surface area contributed by atoms with Gasteiger partial charge in [0.2, 0.25) is 5.43 Å². The first-order valence-electron chi connectivity index (χ1n) is 6.90. The number of ether oxygens (including phenoxy) is 2. The molecule has 1 aromatic rings. The zero-order chi connectivity index (χ0) is 14.8. The summed E-state index contributed by atoms with van der Waals surface area (Å²) in [6, 6.07) is 6.67. The maximum absolute atomic E-state index is 11.9. The summed E-state index contributed by atoms with van der Waals surface area (Å²) in [5, 5.41) is 0. The van der Waals surface area contributed by atoms with Crippen LogP contribution in [0.4, 0.5) is 4.79 Å². The molecule has 0 heterocycles. The van der Waals surface area contributed by atoms with Gasteiger partial charge in [-0.25, -0.2) is 4.79 Å². The predicted molar refractivity (Wildman–Crippen MR) is 76.2 cm³/mol. The van der Waals surface area contributed by atoms with Crippen molar-refractivity contribution in [3.63, 3.8) is 0 Å². The fraction of sp³-hybridized carbons (Fsp3) is 0.500.